The molecule has 8 aromatic carbocycles. The molecule has 0 aliphatic heterocycles. The Morgan fingerprint density at radius 2 is 0.962 bits per heavy atom. The van der Waals surface area contributed by atoms with Crippen LogP contribution < -0.4 is 0 Å². The zero-order valence-electron chi connectivity index (χ0n) is 29.7. The van der Waals surface area contributed by atoms with Gasteiger partial charge in [0.15, 0.2) is 5.82 Å². The fourth-order valence-corrected chi connectivity index (χ4v) is 8.39. The summed E-state index contributed by atoms with van der Waals surface area (Å²) in [5.74, 6) is 0.712. The van der Waals surface area contributed by atoms with Crippen molar-refractivity contribution in [2.24, 2.45) is 0 Å². The Bertz CT molecular complexity index is 2850. The first-order valence-electron chi connectivity index (χ1n) is 18.3. The molecule has 53 heavy (non-hydrogen) atoms. The summed E-state index contributed by atoms with van der Waals surface area (Å²) < 4.78 is 0. The number of benzene rings is 8. The summed E-state index contributed by atoms with van der Waals surface area (Å²) in [5.41, 5.74) is 15.1. The molecule has 0 N–H and O–H groups in total. The zero-order valence-corrected chi connectivity index (χ0v) is 29.7. The molecule has 0 fully saturated rings. The minimum Gasteiger partial charge on any atom is -0.228 e. The molecule has 1 aromatic heterocycles. The van der Waals surface area contributed by atoms with Gasteiger partial charge in [0.05, 0.1) is 11.4 Å². The number of fused-ring (bicyclic) bond motifs is 6. The van der Waals surface area contributed by atoms with Gasteiger partial charge in [0.1, 0.15) is 0 Å². The van der Waals surface area contributed by atoms with Crippen LogP contribution in [-0.2, 0) is 5.41 Å². The fourth-order valence-electron chi connectivity index (χ4n) is 8.39. The van der Waals surface area contributed by atoms with Gasteiger partial charge in [0.2, 0.25) is 0 Å². The Hall–Kier alpha value is -6.64. The predicted molar refractivity (Wildman–Crippen MR) is 222 cm³/mol. The van der Waals surface area contributed by atoms with Gasteiger partial charge in [-0.25, -0.2) is 9.97 Å². The summed E-state index contributed by atoms with van der Waals surface area (Å²) in [6, 6.07) is 65.3. The van der Waals surface area contributed by atoms with E-state index in [2.05, 4.69) is 178 Å². The van der Waals surface area contributed by atoms with Crippen molar-refractivity contribution < 1.29 is 0 Å². The molecule has 0 amide bonds. The molecule has 0 saturated carbocycles. The monoisotopic (exact) mass is 676 g/mol. The molecule has 1 aliphatic carbocycles. The molecule has 0 atom stereocenters. The quantitative estimate of drug-likeness (QED) is 0.181. The van der Waals surface area contributed by atoms with Gasteiger partial charge in [-0.1, -0.05) is 178 Å². The number of rotatable bonds is 5. The van der Waals surface area contributed by atoms with Gasteiger partial charge in [-0.15, -0.1) is 0 Å². The highest BCUT2D eigenvalue weighted by molar-refractivity contribution is 6.06. The third-order valence-corrected chi connectivity index (χ3v) is 11.1. The molecule has 2 heteroatoms. The molecule has 2 nitrogen and oxygen atoms in total. The van der Waals surface area contributed by atoms with Crippen molar-refractivity contribution in [1.29, 1.82) is 0 Å². The molecule has 0 bridgehead atoms. The van der Waals surface area contributed by atoms with Crippen LogP contribution in [0.5, 0.6) is 0 Å². The molecule has 0 radical (unpaired) electrons. The van der Waals surface area contributed by atoms with Gasteiger partial charge in [-0.05, 0) is 84.3 Å². The van der Waals surface area contributed by atoms with Crippen molar-refractivity contribution in [3.63, 3.8) is 0 Å². The molecule has 0 spiro atoms. The fraction of sp³-hybridized carbons (Fsp3) is 0.0588. The number of hydrogen-bond donors (Lipinski definition) is 0. The third-order valence-electron chi connectivity index (χ3n) is 11.1. The standard InChI is InChI=1S/C51H36N2/c1-51(2)45-29-25-34-16-9-10-21-40(34)49(45)44-26-24-37(31-46(44)51)39-27-28-43(42-23-12-11-22-41(39)42)48-32-47(52-50(53-48)35-17-7-4-8-18-35)38-20-13-19-36(30-38)33-14-5-3-6-15-33/h3-32H,1-2H3. The number of hydrogen-bond acceptors (Lipinski definition) is 2. The summed E-state index contributed by atoms with van der Waals surface area (Å²) in [4.78, 5) is 10.4. The smallest absolute Gasteiger partial charge is 0.160 e. The minimum absolute atomic E-state index is 0.108. The van der Waals surface area contributed by atoms with Crippen LogP contribution in [0, 0.1) is 0 Å². The highest BCUT2D eigenvalue weighted by Crippen LogP contribution is 2.52. The molecular weight excluding hydrogens is 641 g/mol. The van der Waals surface area contributed by atoms with E-state index < -0.39 is 0 Å². The van der Waals surface area contributed by atoms with E-state index in [0.717, 1.165) is 33.6 Å². The van der Waals surface area contributed by atoms with Crippen LogP contribution in [0.2, 0.25) is 0 Å². The maximum atomic E-state index is 5.24. The third kappa shape index (κ3) is 5.18. The van der Waals surface area contributed by atoms with Crippen molar-refractivity contribution in [2.75, 3.05) is 0 Å². The van der Waals surface area contributed by atoms with Crippen molar-refractivity contribution in [2.45, 2.75) is 19.3 Å². The van der Waals surface area contributed by atoms with Crippen LogP contribution in [0.25, 0.3) is 88.8 Å². The van der Waals surface area contributed by atoms with E-state index in [-0.39, 0.29) is 5.41 Å². The lowest BCUT2D eigenvalue weighted by Crippen LogP contribution is -2.15. The van der Waals surface area contributed by atoms with E-state index in [0.29, 0.717) is 5.82 Å². The zero-order chi connectivity index (χ0) is 35.5. The van der Waals surface area contributed by atoms with Crippen molar-refractivity contribution >= 4 is 21.5 Å². The second-order valence-electron chi connectivity index (χ2n) is 14.6. The highest BCUT2D eigenvalue weighted by Gasteiger charge is 2.36. The van der Waals surface area contributed by atoms with E-state index in [1.165, 1.54) is 60.5 Å². The van der Waals surface area contributed by atoms with E-state index in [1.807, 2.05) is 18.2 Å². The SMILES string of the molecule is CC1(C)c2cc(-c3ccc(-c4cc(-c5cccc(-c6ccccc6)c5)nc(-c5ccccc5)n4)c4ccccc34)ccc2-c2c1ccc1ccccc21. The van der Waals surface area contributed by atoms with E-state index >= 15 is 0 Å². The Kier molecular flexibility index (Phi) is 7.19. The Labute approximate surface area is 310 Å². The van der Waals surface area contributed by atoms with Crippen LogP contribution in [-0.4, -0.2) is 9.97 Å². The lowest BCUT2D eigenvalue weighted by Gasteiger charge is -2.22. The molecule has 0 saturated heterocycles. The van der Waals surface area contributed by atoms with Gasteiger partial charge < -0.3 is 0 Å². The van der Waals surface area contributed by atoms with Crippen LogP contribution >= 0.6 is 0 Å². The van der Waals surface area contributed by atoms with Crippen molar-refractivity contribution in [3.8, 4) is 67.3 Å². The van der Waals surface area contributed by atoms with Gasteiger partial charge in [0.25, 0.3) is 0 Å². The van der Waals surface area contributed by atoms with Gasteiger partial charge in [0, 0.05) is 22.1 Å². The maximum absolute atomic E-state index is 5.24. The van der Waals surface area contributed by atoms with E-state index in [4.69, 9.17) is 9.97 Å². The second-order valence-corrected chi connectivity index (χ2v) is 14.6. The van der Waals surface area contributed by atoms with E-state index in [1.54, 1.807) is 0 Å². The lowest BCUT2D eigenvalue weighted by molar-refractivity contribution is 0.661. The molecule has 9 aromatic rings. The summed E-state index contributed by atoms with van der Waals surface area (Å²) in [5, 5.41) is 4.98. The van der Waals surface area contributed by atoms with E-state index in [9.17, 15) is 0 Å². The number of nitrogens with zero attached hydrogens (tertiary/aromatic N) is 2. The molecular formula is C51H36N2. The van der Waals surface area contributed by atoms with Crippen LogP contribution in [0.15, 0.2) is 182 Å². The first-order valence-corrected chi connectivity index (χ1v) is 18.3. The van der Waals surface area contributed by atoms with Crippen molar-refractivity contribution in [3.05, 3.63) is 193 Å². The Morgan fingerprint density at radius 1 is 0.358 bits per heavy atom. The number of aromatic nitrogens is 2. The van der Waals surface area contributed by atoms with Crippen LogP contribution in [0.1, 0.15) is 25.0 Å². The normalized spacial score (nSPS) is 12.9. The average Bonchev–Trinajstić information content (AvgIpc) is 3.46. The molecule has 1 heterocycles. The lowest BCUT2D eigenvalue weighted by atomic mass is 9.81. The topological polar surface area (TPSA) is 25.8 Å². The molecule has 1 aliphatic rings. The Morgan fingerprint density at radius 3 is 1.75 bits per heavy atom. The van der Waals surface area contributed by atoms with Crippen LogP contribution in [0.3, 0.4) is 0 Å². The minimum atomic E-state index is -0.108. The molecule has 0 unspecified atom stereocenters. The van der Waals surface area contributed by atoms with Crippen LogP contribution in [0.4, 0.5) is 0 Å². The van der Waals surface area contributed by atoms with Gasteiger partial charge >= 0.3 is 0 Å². The highest BCUT2D eigenvalue weighted by atomic mass is 14.9. The van der Waals surface area contributed by atoms with Crippen molar-refractivity contribution in [1.82, 2.24) is 9.97 Å². The van der Waals surface area contributed by atoms with Gasteiger partial charge in [-0.3, -0.25) is 0 Å². The Balaban J connectivity index is 1.12. The summed E-state index contributed by atoms with van der Waals surface area (Å²) in [6.45, 7) is 4.73. The molecule has 250 valence electrons. The first kappa shape index (κ1) is 31.1. The largest absolute Gasteiger partial charge is 0.228 e. The first-order chi connectivity index (χ1) is 26.0. The van der Waals surface area contributed by atoms with Gasteiger partial charge in [-0.2, -0.15) is 0 Å². The second kappa shape index (κ2) is 12.3. The summed E-state index contributed by atoms with van der Waals surface area (Å²) in [7, 11) is 0. The molecule has 10 rings (SSSR count). The summed E-state index contributed by atoms with van der Waals surface area (Å²) >= 11 is 0. The predicted octanol–water partition coefficient (Wildman–Crippen LogP) is 13.4. The summed E-state index contributed by atoms with van der Waals surface area (Å²) in [6.07, 6.45) is 0. The average molecular weight is 677 g/mol. The maximum Gasteiger partial charge on any atom is 0.160 e.